The maximum absolute atomic E-state index is 13.6. The molecule has 8 heteroatoms. The molecule has 0 bridgehead atoms. The molecule has 8 nitrogen and oxygen atoms in total. The number of hydrogen-bond acceptors (Lipinski definition) is 7. The molecule has 4 rings (SSSR count). The van der Waals surface area contributed by atoms with Gasteiger partial charge in [0.05, 0.1) is 20.3 Å². The van der Waals surface area contributed by atoms with Crippen LogP contribution in [0.5, 0.6) is 5.75 Å². The number of methoxy groups -OCH3 is 2. The first-order valence-electron chi connectivity index (χ1n) is 13.0. The molecule has 1 heterocycles. The van der Waals surface area contributed by atoms with Gasteiger partial charge < -0.3 is 14.2 Å². The molecule has 1 amide bonds. The van der Waals surface area contributed by atoms with Crippen molar-refractivity contribution in [1.29, 1.82) is 0 Å². The Bertz CT molecular complexity index is 1200. The summed E-state index contributed by atoms with van der Waals surface area (Å²) in [4.78, 5) is 44.9. The standard InChI is InChI=1S/C30H35NO7/c1-20-27(29(34)25-10-5-4-9-24(25)28(20)33)23(21-12-14-22(35-2)15-13-21)8-6-7-11-26(32)31-38-30(36-3)16-18-37-19-17-30/h4-5,9-10,12-15,23H,6-8,11,16-19H2,1-3H3,(H,31,32). The predicted molar refractivity (Wildman–Crippen MR) is 141 cm³/mol. The number of amides is 1. The van der Waals surface area contributed by atoms with Gasteiger partial charge in [-0.3, -0.25) is 14.4 Å². The highest BCUT2D eigenvalue weighted by molar-refractivity contribution is 6.27. The minimum absolute atomic E-state index is 0.119. The lowest BCUT2D eigenvalue weighted by molar-refractivity contribution is -0.280. The normalized spacial score (nSPS) is 17.7. The molecule has 1 N–H and O–H groups in total. The molecule has 1 atom stereocenters. The maximum Gasteiger partial charge on any atom is 0.243 e. The summed E-state index contributed by atoms with van der Waals surface area (Å²) in [5, 5.41) is 0. The van der Waals surface area contributed by atoms with E-state index in [1.807, 2.05) is 24.3 Å². The highest BCUT2D eigenvalue weighted by atomic mass is 16.8. The van der Waals surface area contributed by atoms with Gasteiger partial charge in [0.2, 0.25) is 5.91 Å². The molecule has 0 saturated carbocycles. The lowest BCUT2D eigenvalue weighted by Crippen LogP contribution is -2.46. The number of rotatable bonds is 11. The molecule has 1 saturated heterocycles. The molecule has 2 aromatic rings. The molecular weight excluding hydrogens is 486 g/mol. The van der Waals surface area contributed by atoms with E-state index in [2.05, 4.69) is 5.48 Å². The van der Waals surface area contributed by atoms with Crippen molar-refractivity contribution in [2.75, 3.05) is 27.4 Å². The number of fused-ring (bicyclic) bond motifs is 1. The van der Waals surface area contributed by atoms with Gasteiger partial charge in [0, 0.05) is 54.6 Å². The SMILES string of the molecule is COc1ccc(C(CCCCC(=O)NOC2(OC)CCOCC2)C2=C(C)C(=O)c3ccccc3C2=O)cc1. The van der Waals surface area contributed by atoms with Crippen molar-refractivity contribution in [3.8, 4) is 5.75 Å². The van der Waals surface area contributed by atoms with Gasteiger partial charge >= 0.3 is 0 Å². The van der Waals surface area contributed by atoms with Crippen LogP contribution < -0.4 is 10.2 Å². The second-order valence-electron chi connectivity index (χ2n) is 9.67. The number of hydrogen-bond donors (Lipinski definition) is 1. The van der Waals surface area contributed by atoms with E-state index in [1.165, 1.54) is 0 Å². The number of ketones is 2. The van der Waals surface area contributed by atoms with E-state index in [0.29, 0.717) is 73.3 Å². The Kier molecular flexibility index (Phi) is 9.09. The third-order valence-corrected chi connectivity index (χ3v) is 7.40. The zero-order valence-electron chi connectivity index (χ0n) is 22.2. The van der Waals surface area contributed by atoms with Crippen molar-refractivity contribution in [2.24, 2.45) is 0 Å². The van der Waals surface area contributed by atoms with E-state index in [9.17, 15) is 14.4 Å². The average Bonchev–Trinajstić information content (AvgIpc) is 2.96. The summed E-state index contributed by atoms with van der Waals surface area (Å²) in [5.41, 5.74) is 5.34. The fourth-order valence-electron chi connectivity index (χ4n) is 5.12. The van der Waals surface area contributed by atoms with Crippen LogP contribution in [0.2, 0.25) is 0 Å². The minimum Gasteiger partial charge on any atom is -0.497 e. The van der Waals surface area contributed by atoms with Gasteiger partial charge in [0.15, 0.2) is 17.4 Å². The zero-order chi connectivity index (χ0) is 27.1. The monoisotopic (exact) mass is 521 g/mol. The second kappa shape index (κ2) is 12.5. The first kappa shape index (κ1) is 27.7. The number of allylic oxidation sites excluding steroid dienone is 2. The Morgan fingerprint density at radius 2 is 1.63 bits per heavy atom. The molecule has 1 unspecified atom stereocenters. The van der Waals surface area contributed by atoms with Gasteiger partial charge in [-0.2, -0.15) is 0 Å². The molecule has 202 valence electrons. The quantitative estimate of drug-likeness (QED) is 0.254. The number of carbonyl (C=O) groups is 3. The van der Waals surface area contributed by atoms with E-state index < -0.39 is 5.79 Å². The summed E-state index contributed by atoms with van der Waals surface area (Å²) in [6.07, 6.45) is 3.21. The first-order valence-corrected chi connectivity index (χ1v) is 13.0. The molecule has 1 fully saturated rings. The molecule has 1 aliphatic carbocycles. The molecule has 1 aliphatic heterocycles. The smallest absolute Gasteiger partial charge is 0.243 e. The predicted octanol–water partition coefficient (Wildman–Crippen LogP) is 4.94. The van der Waals surface area contributed by atoms with Gasteiger partial charge in [-0.05, 0) is 37.5 Å². The van der Waals surface area contributed by atoms with E-state index >= 15 is 0 Å². The number of carbonyl (C=O) groups excluding carboxylic acids is 3. The van der Waals surface area contributed by atoms with E-state index in [4.69, 9.17) is 19.0 Å². The summed E-state index contributed by atoms with van der Waals surface area (Å²) in [6, 6.07) is 14.5. The van der Waals surface area contributed by atoms with Crippen molar-refractivity contribution >= 4 is 17.5 Å². The lowest BCUT2D eigenvalue weighted by Gasteiger charge is -2.34. The molecular formula is C30H35NO7. The van der Waals surface area contributed by atoms with Crippen LogP contribution >= 0.6 is 0 Å². The number of benzene rings is 2. The Balaban J connectivity index is 1.44. The van der Waals surface area contributed by atoms with Crippen molar-refractivity contribution in [3.63, 3.8) is 0 Å². The summed E-state index contributed by atoms with van der Waals surface area (Å²) in [7, 11) is 3.16. The van der Waals surface area contributed by atoms with Crippen LogP contribution in [0.3, 0.4) is 0 Å². The summed E-state index contributed by atoms with van der Waals surface area (Å²) < 4.78 is 16.1. The van der Waals surface area contributed by atoms with Gasteiger partial charge in [-0.25, -0.2) is 10.3 Å². The van der Waals surface area contributed by atoms with Gasteiger partial charge in [0.1, 0.15) is 5.75 Å². The summed E-state index contributed by atoms with van der Waals surface area (Å²) in [6.45, 7) is 2.75. The third-order valence-electron chi connectivity index (χ3n) is 7.40. The van der Waals surface area contributed by atoms with Crippen LogP contribution in [0, 0.1) is 0 Å². The van der Waals surface area contributed by atoms with Crippen LogP contribution in [0.15, 0.2) is 59.7 Å². The molecule has 2 aliphatic rings. The van der Waals surface area contributed by atoms with E-state index in [-0.39, 0.29) is 29.8 Å². The topological polar surface area (TPSA) is 100 Å². The van der Waals surface area contributed by atoms with Crippen molar-refractivity contribution in [2.45, 2.75) is 57.2 Å². The van der Waals surface area contributed by atoms with Crippen LogP contribution in [0.25, 0.3) is 0 Å². The first-order chi connectivity index (χ1) is 18.4. The number of nitrogens with one attached hydrogen (secondary N) is 1. The van der Waals surface area contributed by atoms with Crippen LogP contribution in [-0.2, 0) is 19.1 Å². The van der Waals surface area contributed by atoms with Gasteiger partial charge in [-0.15, -0.1) is 0 Å². The Labute approximate surface area is 223 Å². The van der Waals surface area contributed by atoms with E-state index in [1.54, 1.807) is 45.4 Å². The fraction of sp³-hybridized carbons (Fsp3) is 0.433. The van der Waals surface area contributed by atoms with Gasteiger partial charge in [0.25, 0.3) is 0 Å². The molecule has 2 aromatic carbocycles. The number of unbranched alkanes of at least 4 members (excludes halogenated alkanes) is 1. The molecule has 38 heavy (non-hydrogen) atoms. The molecule has 0 aromatic heterocycles. The molecule has 0 radical (unpaired) electrons. The number of Topliss-reactive ketones (excluding diaryl/α,β-unsaturated/α-hetero) is 2. The van der Waals surface area contributed by atoms with Crippen molar-refractivity contribution in [1.82, 2.24) is 5.48 Å². The number of ether oxygens (including phenoxy) is 3. The van der Waals surface area contributed by atoms with E-state index in [0.717, 1.165) is 5.56 Å². The fourth-order valence-corrected chi connectivity index (χ4v) is 5.12. The second-order valence-corrected chi connectivity index (χ2v) is 9.67. The van der Waals surface area contributed by atoms with Crippen LogP contribution in [-0.4, -0.2) is 50.7 Å². The number of hydroxylamine groups is 1. The highest BCUT2D eigenvalue weighted by Gasteiger charge is 2.36. The van der Waals surface area contributed by atoms with Gasteiger partial charge in [-0.1, -0.05) is 42.8 Å². The summed E-state index contributed by atoms with van der Waals surface area (Å²) >= 11 is 0. The third kappa shape index (κ3) is 6.04. The van der Waals surface area contributed by atoms with Crippen LogP contribution in [0.1, 0.15) is 77.6 Å². The van der Waals surface area contributed by atoms with Crippen molar-refractivity contribution in [3.05, 3.63) is 76.4 Å². The van der Waals surface area contributed by atoms with Crippen molar-refractivity contribution < 1.29 is 33.4 Å². The minimum atomic E-state index is -0.860. The Morgan fingerprint density at radius 1 is 0.974 bits per heavy atom. The average molecular weight is 522 g/mol. The largest absolute Gasteiger partial charge is 0.497 e. The Hall–Kier alpha value is -3.33. The molecule has 0 spiro atoms. The maximum atomic E-state index is 13.6. The zero-order valence-corrected chi connectivity index (χ0v) is 22.2. The summed E-state index contributed by atoms with van der Waals surface area (Å²) in [5.74, 6) is -0.908. The highest BCUT2D eigenvalue weighted by Crippen LogP contribution is 2.39. The Morgan fingerprint density at radius 3 is 2.26 bits per heavy atom. The lowest BCUT2D eigenvalue weighted by atomic mass is 9.75. The van der Waals surface area contributed by atoms with Crippen LogP contribution in [0.4, 0.5) is 0 Å².